The number of hydrogen-bond acceptors (Lipinski definition) is 5. The predicted molar refractivity (Wildman–Crippen MR) is 112 cm³/mol. The minimum atomic E-state index is 0. The number of amides is 1. The number of halogens is 1. The average Bonchev–Trinajstić information content (AvgIpc) is 3.08. The van der Waals surface area contributed by atoms with Crippen LogP contribution in [0, 0.1) is 13.8 Å². The van der Waals surface area contributed by atoms with Crippen LogP contribution in [-0.2, 0) is 0 Å². The molecule has 148 valence electrons. The number of nitrogens with zero attached hydrogens (tertiary/aromatic N) is 3. The molecule has 1 amide bonds. The molecule has 1 saturated heterocycles. The Labute approximate surface area is 170 Å². The van der Waals surface area contributed by atoms with Crippen LogP contribution in [0.5, 0.6) is 0 Å². The number of carbonyl (C=O) groups is 1. The second-order valence-corrected chi connectivity index (χ2v) is 7.22. The van der Waals surface area contributed by atoms with Gasteiger partial charge in [0.15, 0.2) is 0 Å². The Kier molecular flexibility index (Phi) is 6.01. The fraction of sp³-hybridized carbons (Fsp3) is 0.381. The van der Waals surface area contributed by atoms with E-state index in [0.717, 1.165) is 37.2 Å². The summed E-state index contributed by atoms with van der Waals surface area (Å²) in [4.78, 5) is 19.8. The molecular weight excluding hydrogens is 376 g/mol. The van der Waals surface area contributed by atoms with Crippen molar-refractivity contribution in [1.82, 2.24) is 20.4 Å². The standard InChI is InChI=1S/C21H24N4O2.ClH/c1-13-4-6-15(7-5-13)18-12-17(19-14(2)24-27-20(19)23-18)21(26)25-10-8-16(22-3)9-11-25;/h4-7,12,16,22H,8-11H2,1-3H3;1H. The van der Waals surface area contributed by atoms with Gasteiger partial charge in [-0.05, 0) is 39.8 Å². The Bertz CT molecular complexity index is 976. The predicted octanol–water partition coefficient (Wildman–Crippen LogP) is 3.75. The van der Waals surface area contributed by atoms with E-state index in [-0.39, 0.29) is 18.3 Å². The van der Waals surface area contributed by atoms with Crippen LogP contribution in [-0.4, -0.2) is 47.1 Å². The highest BCUT2D eigenvalue weighted by Gasteiger charge is 2.26. The third kappa shape index (κ3) is 3.75. The molecule has 6 nitrogen and oxygen atoms in total. The average molecular weight is 401 g/mol. The maximum atomic E-state index is 13.3. The molecule has 2 aromatic heterocycles. The minimum Gasteiger partial charge on any atom is -0.339 e. The Hall–Kier alpha value is -2.44. The summed E-state index contributed by atoms with van der Waals surface area (Å²) in [6, 6.07) is 10.5. The van der Waals surface area contributed by atoms with Crippen LogP contribution in [0.1, 0.15) is 34.5 Å². The molecule has 0 atom stereocenters. The summed E-state index contributed by atoms with van der Waals surface area (Å²) in [5, 5.41) is 8.05. The van der Waals surface area contributed by atoms with Gasteiger partial charge in [0.1, 0.15) is 0 Å². The number of aryl methyl sites for hydroxylation is 2. The number of nitrogens with one attached hydrogen (secondary N) is 1. The van der Waals surface area contributed by atoms with Crippen molar-refractivity contribution in [2.75, 3.05) is 20.1 Å². The number of pyridine rings is 1. The number of benzene rings is 1. The van der Waals surface area contributed by atoms with Crippen LogP contribution in [0.25, 0.3) is 22.4 Å². The molecule has 1 N–H and O–H groups in total. The second-order valence-electron chi connectivity index (χ2n) is 7.22. The van der Waals surface area contributed by atoms with Crippen LogP contribution >= 0.6 is 12.4 Å². The molecule has 0 bridgehead atoms. The molecule has 0 spiro atoms. The van der Waals surface area contributed by atoms with Crippen molar-refractivity contribution in [1.29, 1.82) is 0 Å². The quantitative estimate of drug-likeness (QED) is 0.724. The molecule has 4 rings (SSSR count). The second kappa shape index (κ2) is 8.29. The lowest BCUT2D eigenvalue weighted by Crippen LogP contribution is -2.44. The van der Waals surface area contributed by atoms with Crippen molar-refractivity contribution in [3.8, 4) is 11.3 Å². The first-order valence-corrected chi connectivity index (χ1v) is 9.37. The zero-order valence-electron chi connectivity index (χ0n) is 16.4. The van der Waals surface area contributed by atoms with E-state index in [1.165, 1.54) is 5.56 Å². The summed E-state index contributed by atoms with van der Waals surface area (Å²) in [7, 11) is 1.98. The number of fused-ring (bicyclic) bond motifs is 1. The van der Waals surface area contributed by atoms with Gasteiger partial charge < -0.3 is 14.7 Å². The zero-order chi connectivity index (χ0) is 19.0. The monoisotopic (exact) mass is 400 g/mol. The number of carbonyl (C=O) groups excluding carboxylic acids is 1. The van der Waals surface area contributed by atoms with Crippen molar-refractivity contribution < 1.29 is 9.32 Å². The van der Waals surface area contributed by atoms with Gasteiger partial charge in [0.25, 0.3) is 11.6 Å². The van der Waals surface area contributed by atoms with Gasteiger partial charge in [-0.25, -0.2) is 4.98 Å². The highest BCUT2D eigenvalue weighted by molar-refractivity contribution is 6.07. The van der Waals surface area contributed by atoms with E-state index in [1.807, 2.05) is 56.1 Å². The smallest absolute Gasteiger partial charge is 0.259 e. The van der Waals surface area contributed by atoms with Gasteiger partial charge in [0.2, 0.25) is 0 Å². The molecule has 3 aromatic rings. The van der Waals surface area contributed by atoms with Gasteiger partial charge in [0, 0.05) is 24.7 Å². The number of piperidine rings is 1. The minimum absolute atomic E-state index is 0. The summed E-state index contributed by atoms with van der Waals surface area (Å²) in [6.45, 7) is 5.39. The first-order chi connectivity index (χ1) is 13.1. The Morgan fingerprint density at radius 1 is 1.18 bits per heavy atom. The molecular formula is C21H25ClN4O2. The lowest BCUT2D eigenvalue weighted by molar-refractivity contribution is 0.0709. The first kappa shape index (κ1) is 20.3. The molecule has 0 aliphatic carbocycles. The fourth-order valence-electron chi connectivity index (χ4n) is 3.68. The van der Waals surface area contributed by atoms with Crippen LogP contribution in [0.2, 0.25) is 0 Å². The number of aromatic nitrogens is 2. The van der Waals surface area contributed by atoms with Crippen molar-refractivity contribution >= 4 is 29.4 Å². The molecule has 0 unspecified atom stereocenters. The van der Waals surface area contributed by atoms with E-state index in [2.05, 4.69) is 15.5 Å². The van der Waals surface area contributed by atoms with E-state index >= 15 is 0 Å². The normalized spacial score (nSPS) is 14.9. The lowest BCUT2D eigenvalue weighted by Gasteiger charge is -2.32. The Morgan fingerprint density at radius 3 is 2.50 bits per heavy atom. The van der Waals surface area contributed by atoms with Gasteiger partial charge in [-0.3, -0.25) is 4.79 Å². The molecule has 1 aliphatic rings. The van der Waals surface area contributed by atoms with Crippen LogP contribution < -0.4 is 5.32 Å². The van der Waals surface area contributed by atoms with Gasteiger partial charge in [-0.15, -0.1) is 12.4 Å². The molecule has 1 aromatic carbocycles. The number of rotatable bonds is 3. The van der Waals surface area contributed by atoms with Gasteiger partial charge in [-0.2, -0.15) is 0 Å². The summed E-state index contributed by atoms with van der Waals surface area (Å²) in [5.74, 6) is 0.0246. The van der Waals surface area contributed by atoms with E-state index in [0.29, 0.717) is 28.4 Å². The van der Waals surface area contributed by atoms with Gasteiger partial charge >= 0.3 is 0 Å². The topological polar surface area (TPSA) is 71.3 Å². The third-order valence-corrected chi connectivity index (χ3v) is 5.39. The fourth-order valence-corrected chi connectivity index (χ4v) is 3.68. The lowest BCUT2D eigenvalue weighted by atomic mass is 10.0. The highest BCUT2D eigenvalue weighted by Crippen LogP contribution is 2.28. The molecule has 1 aliphatic heterocycles. The van der Waals surface area contributed by atoms with E-state index in [4.69, 9.17) is 4.52 Å². The third-order valence-electron chi connectivity index (χ3n) is 5.39. The molecule has 3 heterocycles. The summed E-state index contributed by atoms with van der Waals surface area (Å²) >= 11 is 0. The molecule has 0 saturated carbocycles. The Morgan fingerprint density at radius 2 is 1.86 bits per heavy atom. The van der Waals surface area contributed by atoms with Gasteiger partial charge in [-0.1, -0.05) is 35.0 Å². The molecule has 7 heteroatoms. The molecule has 0 radical (unpaired) electrons. The maximum absolute atomic E-state index is 13.3. The summed E-state index contributed by atoms with van der Waals surface area (Å²) in [6.07, 6.45) is 1.92. The first-order valence-electron chi connectivity index (χ1n) is 9.37. The zero-order valence-corrected chi connectivity index (χ0v) is 17.2. The van der Waals surface area contributed by atoms with Crippen LogP contribution in [0.4, 0.5) is 0 Å². The largest absolute Gasteiger partial charge is 0.339 e. The van der Waals surface area contributed by atoms with Crippen molar-refractivity contribution in [3.05, 3.63) is 47.2 Å². The maximum Gasteiger partial charge on any atom is 0.259 e. The molecule has 28 heavy (non-hydrogen) atoms. The van der Waals surface area contributed by atoms with Gasteiger partial charge in [0.05, 0.1) is 22.3 Å². The van der Waals surface area contributed by atoms with E-state index in [1.54, 1.807) is 0 Å². The highest BCUT2D eigenvalue weighted by atomic mass is 35.5. The molecule has 1 fully saturated rings. The van der Waals surface area contributed by atoms with Crippen molar-refractivity contribution in [2.45, 2.75) is 32.7 Å². The summed E-state index contributed by atoms with van der Waals surface area (Å²) in [5.41, 5.74) is 4.60. The van der Waals surface area contributed by atoms with Crippen LogP contribution in [0.15, 0.2) is 34.9 Å². The Balaban J connectivity index is 0.00000225. The SMILES string of the molecule is CNC1CCN(C(=O)c2cc(-c3ccc(C)cc3)nc3onc(C)c23)CC1.Cl. The number of likely N-dealkylation sites (tertiary alicyclic amines) is 1. The van der Waals surface area contributed by atoms with E-state index in [9.17, 15) is 4.79 Å². The van der Waals surface area contributed by atoms with Crippen LogP contribution in [0.3, 0.4) is 0 Å². The van der Waals surface area contributed by atoms with E-state index < -0.39 is 0 Å². The summed E-state index contributed by atoms with van der Waals surface area (Å²) < 4.78 is 5.41. The van der Waals surface area contributed by atoms with Crippen molar-refractivity contribution in [3.63, 3.8) is 0 Å². The van der Waals surface area contributed by atoms with Crippen molar-refractivity contribution in [2.24, 2.45) is 0 Å². The number of hydrogen-bond donors (Lipinski definition) is 1.